The zero-order valence-corrected chi connectivity index (χ0v) is 10.9. The van der Waals surface area contributed by atoms with E-state index in [-0.39, 0.29) is 0 Å². The van der Waals surface area contributed by atoms with E-state index >= 15 is 0 Å². The number of nitrogens with one attached hydrogen (secondary N) is 1. The molecule has 0 fully saturated rings. The molecule has 1 rings (SSSR count). The van der Waals surface area contributed by atoms with Crippen LogP contribution in [0, 0.1) is 12.3 Å². The Hall–Kier alpha value is -1.30. The van der Waals surface area contributed by atoms with Gasteiger partial charge in [0.1, 0.15) is 0 Å². The third-order valence-electron chi connectivity index (χ3n) is 2.74. The van der Waals surface area contributed by atoms with E-state index < -0.39 is 0 Å². The second-order valence-corrected chi connectivity index (χ2v) is 4.25. The first-order valence-electron chi connectivity index (χ1n) is 6.17. The molecule has 0 atom stereocenters. The Morgan fingerprint density at radius 1 is 1.29 bits per heavy atom. The number of nitrogens with zero attached hydrogens (tertiary/aromatic N) is 1. The molecule has 2 nitrogen and oxygen atoms in total. The van der Waals surface area contributed by atoms with Crippen molar-refractivity contribution in [3.8, 4) is 12.3 Å². The monoisotopic (exact) mass is 230 g/mol. The minimum absolute atomic E-state index is 0.696. The molecule has 0 aliphatic rings. The molecule has 0 bridgehead atoms. The molecule has 0 spiro atoms. The van der Waals surface area contributed by atoms with Crippen molar-refractivity contribution in [2.24, 2.45) is 0 Å². The van der Waals surface area contributed by atoms with Crippen LogP contribution in [-0.2, 0) is 13.0 Å². The molecule has 0 heterocycles. The lowest BCUT2D eigenvalue weighted by molar-refractivity contribution is 0.367. The summed E-state index contributed by atoms with van der Waals surface area (Å²) in [5, 5.41) is 3.36. The fourth-order valence-corrected chi connectivity index (χ4v) is 1.86. The van der Waals surface area contributed by atoms with Crippen LogP contribution in [0.3, 0.4) is 0 Å². The van der Waals surface area contributed by atoms with E-state index in [4.69, 9.17) is 6.42 Å². The van der Waals surface area contributed by atoms with Gasteiger partial charge in [-0.05, 0) is 37.7 Å². The van der Waals surface area contributed by atoms with Gasteiger partial charge in [-0.15, -0.1) is 6.42 Å². The lowest BCUT2D eigenvalue weighted by Gasteiger charge is -2.16. The van der Waals surface area contributed by atoms with E-state index in [1.165, 1.54) is 11.1 Å². The van der Waals surface area contributed by atoms with Crippen LogP contribution in [-0.4, -0.2) is 31.6 Å². The second kappa shape index (κ2) is 7.89. The number of hydrogen-bond donors (Lipinski definition) is 1. The van der Waals surface area contributed by atoms with E-state index in [0.29, 0.717) is 6.54 Å². The van der Waals surface area contributed by atoms with Crippen molar-refractivity contribution >= 4 is 0 Å². The molecule has 0 radical (unpaired) electrons. The Bertz CT molecular complexity index is 365. The van der Waals surface area contributed by atoms with E-state index in [1.807, 2.05) is 0 Å². The molecule has 1 aromatic carbocycles. The number of likely N-dealkylation sites (N-methyl/N-ethyl adjacent to an activating group) is 1. The Kier molecular flexibility index (Phi) is 6.39. The predicted molar refractivity (Wildman–Crippen MR) is 73.9 cm³/mol. The van der Waals surface area contributed by atoms with Crippen LogP contribution in [0.15, 0.2) is 24.3 Å². The molecule has 17 heavy (non-hydrogen) atoms. The number of hydrogen-bond acceptors (Lipinski definition) is 2. The van der Waals surface area contributed by atoms with Gasteiger partial charge >= 0.3 is 0 Å². The quantitative estimate of drug-likeness (QED) is 0.568. The molecular weight excluding hydrogens is 208 g/mol. The topological polar surface area (TPSA) is 15.3 Å². The van der Waals surface area contributed by atoms with Gasteiger partial charge in [0.05, 0.1) is 6.54 Å². The molecule has 1 N–H and O–H groups in total. The Balaban J connectivity index is 2.61. The summed E-state index contributed by atoms with van der Waals surface area (Å²) >= 11 is 0. The summed E-state index contributed by atoms with van der Waals surface area (Å²) < 4.78 is 0. The predicted octanol–water partition coefficient (Wildman–Crippen LogP) is 1.90. The maximum Gasteiger partial charge on any atom is 0.0599 e. The second-order valence-electron chi connectivity index (χ2n) is 4.25. The summed E-state index contributed by atoms with van der Waals surface area (Å²) in [6, 6.07) is 8.59. The van der Waals surface area contributed by atoms with Crippen molar-refractivity contribution in [2.45, 2.75) is 19.9 Å². The Labute approximate surface area is 105 Å². The van der Waals surface area contributed by atoms with Gasteiger partial charge in [-0.1, -0.05) is 37.1 Å². The minimum atomic E-state index is 0.696. The van der Waals surface area contributed by atoms with Gasteiger partial charge in [-0.3, -0.25) is 4.90 Å². The maximum absolute atomic E-state index is 5.32. The van der Waals surface area contributed by atoms with Crippen LogP contribution in [0.25, 0.3) is 0 Å². The summed E-state index contributed by atoms with van der Waals surface area (Å²) in [6.07, 6.45) is 6.39. The van der Waals surface area contributed by atoms with E-state index in [9.17, 15) is 0 Å². The highest BCUT2D eigenvalue weighted by molar-refractivity contribution is 5.27. The van der Waals surface area contributed by atoms with Crippen LogP contribution >= 0.6 is 0 Å². The fraction of sp³-hybridized carbons (Fsp3) is 0.467. The summed E-state index contributed by atoms with van der Waals surface area (Å²) in [7, 11) is 2.06. The largest absolute Gasteiger partial charge is 0.317 e. The Morgan fingerprint density at radius 2 is 2.00 bits per heavy atom. The van der Waals surface area contributed by atoms with Crippen molar-refractivity contribution in [1.82, 2.24) is 10.2 Å². The lowest BCUT2D eigenvalue weighted by Crippen LogP contribution is -2.20. The zero-order valence-electron chi connectivity index (χ0n) is 10.9. The Morgan fingerprint density at radius 3 is 2.65 bits per heavy atom. The smallest absolute Gasteiger partial charge is 0.0599 e. The van der Waals surface area contributed by atoms with Crippen molar-refractivity contribution in [2.75, 3.05) is 26.7 Å². The van der Waals surface area contributed by atoms with Gasteiger partial charge in [0.25, 0.3) is 0 Å². The molecule has 0 saturated carbocycles. The van der Waals surface area contributed by atoms with Crippen molar-refractivity contribution < 1.29 is 0 Å². The summed E-state index contributed by atoms with van der Waals surface area (Å²) in [5.74, 6) is 2.67. The summed E-state index contributed by atoms with van der Waals surface area (Å²) in [6.45, 7) is 5.81. The van der Waals surface area contributed by atoms with Crippen LogP contribution in [0.2, 0.25) is 0 Å². The molecule has 0 aliphatic carbocycles. The van der Waals surface area contributed by atoms with Gasteiger partial charge < -0.3 is 5.32 Å². The van der Waals surface area contributed by atoms with Gasteiger partial charge in [-0.25, -0.2) is 0 Å². The molecule has 2 heteroatoms. The highest BCUT2D eigenvalue weighted by Crippen LogP contribution is 2.11. The SMILES string of the molecule is C#CCN(C)Cc1ccccc1CCNCC. The molecule has 0 aliphatic heterocycles. The fourth-order valence-electron chi connectivity index (χ4n) is 1.86. The molecule has 0 amide bonds. The average molecular weight is 230 g/mol. The first-order valence-corrected chi connectivity index (χ1v) is 6.17. The van der Waals surface area contributed by atoms with Crippen molar-refractivity contribution in [3.63, 3.8) is 0 Å². The lowest BCUT2D eigenvalue weighted by atomic mass is 10.0. The third kappa shape index (κ3) is 5.04. The normalized spacial score (nSPS) is 10.5. The number of terminal acetylenes is 1. The van der Waals surface area contributed by atoms with Crippen LogP contribution in [0.4, 0.5) is 0 Å². The standard InChI is InChI=1S/C15H22N2/c1-4-12-17(3)13-15-9-7-6-8-14(15)10-11-16-5-2/h1,6-9,16H,5,10-13H2,2-3H3. The maximum atomic E-state index is 5.32. The minimum Gasteiger partial charge on any atom is -0.317 e. The zero-order chi connectivity index (χ0) is 12.5. The van der Waals surface area contributed by atoms with E-state index in [0.717, 1.165) is 26.1 Å². The van der Waals surface area contributed by atoms with Crippen LogP contribution < -0.4 is 5.32 Å². The van der Waals surface area contributed by atoms with E-state index in [1.54, 1.807) is 0 Å². The molecule has 0 unspecified atom stereocenters. The molecule has 92 valence electrons. The molecular formula is C15H22N2. The summed E-state index contributed by atoms with van der Waals surface area (Å²) in [5.41, 5.74) is 2.79. The van der Waals surface area contributed by atoms with Gasteiger partial charge in [-0.2, -0.15) is 0 Å². The average Bonchev–Trinajstić information content (AvgIpc) is 2.32. The first kappa shape index (κ1) is 13.8. The number of rotatable bonds is 7. The molecule has 0 aromatic heterocycles. The first-order chi connectivity index (χ1) is 8.27. The van der Waals surface area contributed by atoms with Gasteiger partial charge in [0.2, 0.25) is 0 Å². The van der Waals surface area contributed by atoms with Crippen molar-refractivity contribution in [3.05, 3.63) is 35.4 Å². The molecule has 1 aromatic rings. The van der Waals surface area contributed by atoms with Crippen LogP contribution in [0.1, 0.15) is 18.1 Å². The van der Waals surface area contributed by atoms with Crippen molar-refractivity contribution in [1.29, 1.82) is 0 Å². The summed E-state index contributed by atoms with van der Waals surface area (Å²) in [4.78, 5) is 2.16. The van der Waals surface area contributed by atoms with Gasteiger partial charge in [0, 0.05) is 6.54 Å². The third-order valence-corrected chi connectivity index (χ3v) is 2.74. The highest BCUT2D eigenvalue weighted by Gasteiger charge is 2.04. The van der Waals surface area contributed by atoms with E-state index in [2.05, 4.69) is 54.4 Å². The van der Waals surface area contributed by atoms with Gasteiger partial charge in [0.15, 0.2) is 0 Å². The molecule has 0 saturated heterocycles. The highest BCUT2D eigenvalue weighted by atomic mass is 15.1. The van der Waals surface area contributed by atoms with Crippen LogP contribution in [0.5, 0.6) is 0 Å². The number of benzene rings is 1.